The molecule has 2 nitrogen and oxygen atoms in total. The second-order valence-corrected chi connectivity index (χ2v) is 21.1. The normalized spacial score (nSPS) is 12.3. The number of para-hydroxylation sites is 5. The Morgan fingerprint density at radius 1 is 0.364 bits per heavy atom. The van der Waals surface area contributed by atoms with Gasteiger partial charge in [-0.1, -0.05) is 220 Å². The number of anilines is 3. The van der Waals surface area contributed by atoms with Crippen LogP contribution < -0.4 is 4.90 Å². The van der Waals surface area contributed by atoms with E-state index in [0.717, 1.165) is 28.3 Å². The lowest BCUT2D eigenvalue weighted by Crippen LogP contribution is -2.16. The fourth-order valence-corrected chi connectivity index (χ4v) is 9.85. The number of aromatic nitrogens is 1. The molecule has 0 aliphatic heterocycles. The third-order valence-corrected chi connectivity index (χ3v) is 13.5. The first-order valence-electron chi connectivity index (χ1n) is 23.5. The predicted octanol–water partition coefficient (Wildman–Crippen LogP) is 18.3. The molecule has 0 saturated heterocycles. The van der Waals surface area contributed by atoms with Crippen molar-refractivity contribution in [2.75, 3.05) is 4.90 Å². The highest BCUT2D eigenvalue weighted by Crippen LogP contribution is 2.49. The van der Waals surface area contributed by atoms with Gasteiger partial charge in [-0.05, 0) is 103 Å². The van der Waals surface area contributed by atoms with Crippen molar-refractivity contribution in [2.24, 2.45) is 0 Å². The summed E-state index contributed by atoms with van der Waals surface area (Å²) in [4.78, 5) is 2.50. The smallest absolute Gasteiger partial charge is 0.0620 e. The zero-order valence-electron chi connectivity index (χ0n) is 39.9. The number of hydrogen-bond acceptors (Lipinski definition) is 1. The molecule has 1 aromatic heterocycles. The number of nitrogens with zero attached hydrogens (tertiary/aromatic N) is 2. The summed E-state index contributed by atoms with van der Waals surface area (Å²) in [5, 5.41) is 4.95. The summed E-state index contributed by atoms with van der Waals surface area (Å²) in [6, 6.07) is 74.6. The van der Waals surface area contributed by atoms with Crippen LogP contribution in [0.3, 0.4) is 0 Å². The van der Waals surface area contributed by atoms with Crippen LogP contribution in [0.25, 0.3) is 71.6 Å². The minimum Gasteiger partial charge on any atom is -0.309 e. The summed E-state index contributed by atoms with van der Waals surface area (Å²) in [5.74, 6) is 0. The van der Waals surface area contributed by atoms with E-state index in [9.17, 15) is 0 Å². The Labute approximate surface area is 391 Å². The molecule has 0 fully saturated rings. The van der Waals surface area contributed by atoms with Crippen LogP contribution in [0.15, 0.2) is 200 Å². The second kappa shape index (κ2) is 16.4. The number of rotatable bonds is 7. The van der Waals surface area contributed by atoms with Gasteiger partial charge in [-0.25, -0.2) is 0 Å². The molecule has 10 rings (SSSR count). The molecular weight excluding hydrogens is 797 g/mol. The molecule has 0 radical (unpaired) electrons. The van der Waals surface area contributed by atoms with Crippen molar-refractivity contribution >= 4 is 49.6 Å². The molecule has 1 heterocycles. The molecule has 9 aromatic carbocycles. The van der Waals surface area contributed by atoms with E-state index in [-0.39, 0.29) is 16.2 Å². The average Bonchev–Trinajstić information content (AvgIpc) is 3.66. The summed E-state index contributed by atoms with van der Waals surface area (Å²) in [7, 11) is 0. The topological polar surface area (TPSA) is 8.17 Å². The summed E-state index contributed by atoms with van der Waals surface area (Å²) in [6.45, 7) is 20.8. The second-order valence-electron chi connectivity index (χ2n) is 21.1. The number of benzene rings is 9. The average molecular weight is 857 g/mol. The molecule has 0 aliphatic rings. The van der Waals surface area contributed by atoms with E-state index in [1.807, 2.05) is 0 Å². The molecule has 0 spiro atoms. The van der Waals surface area contributed by atoms with Crippen molar-refractivity contribution in [3.63, 3.8) is 0 Å². The standard InChI is InChI=1S/C64H60N2/c1-62(2,3)45-36-38-49(39-37-45)65(58-34-17-14-27-52(58)55-31-21-32-56-53-28-15-18-35-59(53)66(61(55)56)48-24-11-10-12-25-48)57-33-16-13-26-51(57)54-30-20-23-43-22-19-29-50(60(43)54)44-40-46(63(4,5)6)42-47(41-44)64(7,8)9/h10-42H,1-9H3. The summed E-state index contributed by atoms with van der Waals surface area (Å²) >= 11 is 0. The Morgan fingerprint density at radius 3 is 1.47 bits per heavy atom. The first kappa shape index (κ1) is 42.8. The summed E-state index contributed by atoms with van der Waals surface area (Å²) in [5.41, 5.74) is 18.1. The maximum absolute atomic E-state index is 2.50. The Hall–Kier alpha value is -7.16. The monoisotopic (exact) mass is 856 g/mol. The maximum atomic E-state index is 2.50. The third-order valence-electron chi connectivity index (χ3n) is 13.5. The number of fused-ring (bicyclic) bond motifs is 4. The van der Waals surface area contributed by atoms with Crippen LogP contribution in [0.2, 0.25) is 0 Å². The van der Waals surface area contributed by atoms with Gasteiger partial charge in [-0.3, -0.25) is 0 Å². The Kier molecular flexibility index (Phi) is 10.6. The van der Waals surface area contributed by atoms with Gasteiger partial charge in [-0.2, -0.15) is 0 Å². The molecule has 0 atom stereocenters. The predicted molar refractivity (Wildman–Crippen MR) is 285 cm³/mol. The molecular formula is C64H60N2. The van der Waals surface area contributed by atoms with Gasteiger partial charge in [0.25, 0.3) is 0 Å². The highest BCUT2D eigenvalue weighted by atomic mass is 15.1. The van der Waals surface area contributed by atoms with Crippen molar-refractivity contribution in [3.05, 3.63) is 217 Å². The van der Waals surface area contributed by atoms with Crippen molar-refractivity contribution < 1.29 is 0 Å². The van der Waals surface area contributed by atoms with Gasteiger partial charge in [0.15, 0.2) is 0 Å². The lowest BCUT2D eigenvalue weighted by Gasteiger charge is -2.31. The van der Waals surface area contributed by atoms with Crippen LogP contribution in [0, 0.1) is 0 Å². The van der Waals surface area contributed by atoms with Gasteiger partial charge < -0.3 is 9.47 Å². The van der Waals surface area contributed by atoms with E-state index >= 15 is 0 Å². The Bertz CT molecular complexity index is 3360. The number of hydrogen-bond donors (Lipinski definition) is 0. The highest BCUT2D eigenvalue weighted by molar-refractivity contribution is 6.15. The summed E-state index contributed by atoms with van der Waals surface area (Å²) in [6.07, 6.45) is 0. The highest BCUT2D eigenvalue weighted by Gasteiger charge is 2.26. The van der Waals surface area contributed by atoms with Crippen molar-refractivity contribution in [1.29, 1.82) is 0 Å². The quantitative estimate of drug-likeness (QED) is 0.155. The molecule has 2 heteroatoms. The van der Waals surface area contributed by atoms with Gasteiger partial charge >= 0.3 is 0 Å². The van der Waals surface area contributed by atoms with Gasteiger partial charge in [0.05, 0.1) is 22.4 Å². The van der Waals surface area contributed by atoms with Crippen molar-refractivity contribution in [3.8, 4) is 39.1 Å². The van der Waals surface area contributed by atoms with Crippen molar-refractivity contribution in [2.45, 2.75) is 78.6 Å². The van der Waals surface area contributed by atoms with E-state index in [0.29, 0.717) is 0 Å². The van der Waals surface area contributed by atoms with E-state index < -0.39 is 0 Å². The van der Waals surface area contributed by atoms with Crippen LogP contribution >= 0.6 is 0 Å². The SMILES string of the molecule is CC(C)(C)c1ccc(N(c2ccccc2-c2cccc3cccc(-c4cc(C(C)(C)C)cc(C(C)(C)C)c4)c23)c2ccccc2-c2cccc3c4ccccc4n(-c4ccccc4)c23)cc1. The van der Waals surface area contributed by atoms with Gasteiger partial charge in [0.1, 0.15) is 0 Å². The molecule has 0 saturated carbocycles. The summed E-state index contributed by atoms with van der Waals surface area (Å²) < 4.78 is 2.45. The Balaban J connectivity index is 1.25. The molecule has 0 bridgehead atoms. The minimum absolute atomic E-state index is 0.00770. The maximum Gasteiger partial charge on any atom is 0.0620 e. The zero-order chi connectivity index (χ0) is 46.0. The Morgan fingerprint density at radius 2 is 0.848 bits per heavy atom. The third kappa shape index (κ3) is 7.69. The molecule has 0 amide bonds. The van der Waals surface area contributed by atoms with Crippen LogP contribution in [0.5, 0.6) is 0 Å². The lowest BCUT2D eigenvalue weighted by molar-refractivity contribution is 0.569. The minimum atomic E-state index is -0.00770. The molecule has 0 unspecified atom stereocenters. The first-order chi connectivity index (χ1) is 31.7. The molecule has 10 aromatic rings. The van der Waals surface area contributed by atoms with Crippen LogP contribution in [-0.2, 0) is 16.2 Å². The fraction of sp³-hybridized carbons (Fsp3) is 0.188. The lowest BCUT2D eigenvalue weighted by atomic mass is 9.78. The zero-order valence-corrected chi connectivity index (χ0v) is 39.9. The molecule has 0 aliphatic carbocycles. The molecule has 66 heavy (non-hydrogen) atoms. The largest absolute Gasteiger partial charge is 0.309 e. The van der Waals surface area contributed by atoms with Crippen LogP contribution in [-0.4, -0.2) is 4.57 Å². The van der Waals surface area contributed by atoms with E-state index in [4.69, 9.17) is 0 Å². The van der Waals surface area contributed by atoms with Gasteiger partial charge in [0, 0.05) is 38.8 Å². The van der Waals surface area contributed by atoms with E-state index in [1.165, 1.54) is 77.1 Å². The first-order valence-corrected chi connectivity index (χ1v) is 23.5. The van der Waals surface area contributed by atoms with Gasteiger partial charge in [-0.15, -0.1) is 0 Å². The van der Waals surface area contributed by atoms with Gasteiger partial charge in [0.2, 0.25) is 0 Å². The van der Waals surface area contributed by atoms with E-state index in [2.05, 4.69) is 272 Å². The fourth-order valence-electron chi connectivity index (χ4n) is 9.85. The van der Waals surface area contributed by atoms with E-state index in [1.54, 1.807) is 0 Å². The molecule has 0 N–H and O–H groups in total. The van der Waals surface area contributed by atoms with Crippen LogP contribution in [0.4, 0.5) is 17.1 Å². The molecule has 326 valence electrons. The van der Waals surface area contributed by atoms with Crippen molar-refractivity contribution in [1.82, 2.24) is 4.57 Å². The van der Waals surface area contributed by atoms with Crippen LogP contribution in [0.1, 0.15) is 79.0 Å².